The second-order valence-electron chi connectivity index (χ2n) is 4.32. The van der Waals surface area contributed by atoms with Crippen LogP contribution in [-0.4, -0.2) is 19.6 Å². The van der Waals surface area contributed by atoms with E-state index in [4.69, 9.17) is 11.6 Å². The molecule has 1 saturated heterocycles. The van der Waals surface area contributed by atoms with Gasteiger partial charge in [-0.1, -0.05) is 11.6 Å². The number of halogens is 3. The summed E-state index contributed by atoms with van der Waals surface area (Å²) in [7, 11) is 0. The largest absolute Gasteiger partial charge is 0.381 e. The Hall–Kier alpha value is -0.870. The fourth-order valence-electron chi connectivity index (χ4n) is 2.04. The molecule has 0 amide bonds. The van der Waals surface area contributed by atoms with Gasteiger partial charge in [-0.3, -0.25) is 0 Å². The highest BCUT2D eigenvalue weighted by molar-refractivity contribution is 6.33. The van der Waals surface area contributed by atoms with Crippen LogP contribution in [0.3, 0.4) is 0 Å². The number of rotatable bonds is 3. The first-order valence-corrected chi connectivity index (χ1v) is 6.14. The van der Waals surface area contributed by atoms with E-state index in [1.54, 1.807) is 0 Å². The molecule has 0 atom stereocenters. The van der Waals surface area contributed by atoms with Crippen molar-refractivity contribution in [3.63, 3.8) is 0 Å². The fourth-order valence-corrected chi connectivity index (χ4v) is 2.30. The van der Waals surface area contributed by atoms with E-state index in [0.29, 0.717) is 12.5 Å². The van der Waals surface area contributed by atoms with E-state index in [1.165, 1.54) is 0 Å². The molecule has 94 valence electrons. The van der Waals surface area contributed by atoms with Crippen LogP contribution in [0.15, 0.2) is 12.1 Å². The molecule has 1 heterocycles. The standard InChI is InChI=1S/C12H15ClF2N2/c13-10-5-9(14)6-11(15)12(10)17-7-8-1-3-16-4-2-8/h5-6,8,16-17H,1-4,7H2. The van der Waals surface area contributed by atoms with Crippen LogP contribution in [-0.2, 0) is 0 Å². The van der Waals surface area contributed by atoms with Crippen LogP contribution in [0, 0.1) is 17.6 Å². The van der Waals surface area contributed by atoms with Crippen LogP contribution >= 0.6 is 11.6 Å². The molecule has 2 N–H and O–H groups in total. The van der Waals surface area contributed by atoms with Gasteiger partial charge in [0, 0.05) is 12.6 Å². The van der Waals surface area contributed by atoms with Gasteiger partial charge in [-0.25, -0.2) is 8.78 Å². The molecule has 2 rings (SSSR count). The van der Waals surface area contributed by atoms with Crippen LogP contribution < -0.4 is 10.6 Å². The minimum absolute atomic E-state index is 0.0939. The smallest absolute Gasteiger partial charge is 0.150 e. The van der Waals surface area contributed by atoms with Gasteiger partial charge in [0.2, 0.25) is 0 Å². The first-order chi connectivity index (χ1) is 8.16. The van der Waals surface area contributed by atoms with E-state index in [0.717, 1.165) is 38.1 Å². The Morgan fingerprint density at radius 1 is 1.29 bits per heavy atom. The van der Waals surface area contributed by atoms with Gasteiger partial charge < -0.3 is 10.6 Å². The molecule has 17 heavy (non-hydrogen) atoms. The summed E-state index contributed by atoms with van der Waals surface area (Å²) >= 11 is 5.80. The molecule has 5 heteroatoms. The third-order valence-electron chi connectivity index (χ3n) is 3.03. The summed E-state index contributed by atoms with van der Waals surface area (Å²) in [6.45, 7) is 2.65. The second-order valence-corrected chi connectivity index (χ2v) is 4.73. The summed E-state index contributed by atoms with van der Waals surface area (Å²) in [5.74, 6) is -0.777. The number of anilines is 1. The number of benzene rings is 1. The zero-order chi connectivity index (χ0) is 12.3. The van der Waals surface area contributed by atoms with Gasteiger partial charge in [0.1, 0.15) is 5.82 Å². The molecule has 1 aliphatic heterocycles. The predicted molar refractivity (Wildman–Crippen MR) is 65.5 cm³/mol. The molecule has 1 aliphatic rings. The zero-order valence-corrected chi connectivity index (χ0v) is 10.2. The molecular formula is C12H15ClF2N2. The Labute approximate surface area is 104 Å². The number of hydrogen-bond acceptors (Lipinski definition) is 2. The first kappa shape index (κ1) is 12.6. The predicted octanol–water partition coefficient (Wildman–Crippen LogP) is 3.03. The Balaban J connectivity index is 1.98. The molecule has 0 aromatic heterocycles. The summed E-state index contributed by atoms with van der Waals surface area (Å²) < 4.78 is 26.3. The minimum Gasteiger partial charge on any atom is -0.381 e. The summed E-state index contributed by atoms with van der Waals surface area (Å²) in [6, 6.07) is 1.96. The number of piperidine rings is 1. The lowest BCUT2D eigenvalue weighted by Gasteiger charge is -2.23. The van der Waals surface area contributed by atoms with Crippen LogP contribution in [0.25, 0.3) is 0 Å². The van der Waals surface area contributed by atoms with Crippen molar-refractivity contribution in [1.29, 1.82) is 0 Å². The van der Waals surface area contributed by atoms with Gasteiger partial charge in [0.05, 0.1) is 10.7 Å². The molecule has 2 nitrogen and oxygen atoms in total. The summed E-state index contributed by atoms with van der Waals surface area (Å²) in [5, 5.41) is 6.34. The Morgan fingerprint density at radius 3 is 2.65 bits per heavy atom. The van der Waals surface area contributed by atoms with Crippen LogP contribution in [0.2, 0.25) is 5.02 Å². The van der Waals surface area contributed by atoms with Crippen LogP contribution in [0.4, 0.5) is 14.5 Å². The van der Waals surface area contributed by atoms with Crippen molar-refractivity contribution in [1.82, 2.24) is 5.32 Å². The maximum Gasteiger partial charge on any atom is 0.150 e. The number of hydrogen-bond donors (Lipinski definition) is 2. The van der Waals surface area contributed by atoms with Gasteiger partial charge in [-0.05, 0) is 37.9 Å². The normalized spacial score (nSPS) is 17.1. The summed E-state index contributed by atoms with van der Waals surface area (Å²) in [5.41, 5.74) is 0.201. The number of nitrogens with one attached hydrogen (secondary N) is 2. The SMILES string of the molecule is Fc1cc(F)c(NCC2CCNCC2)c(Cl)c1. The van der Waals surface area contributed by atoms with Gasteiger partial charge >= 0.3 is 0 Å². The van der Waals surface area contributed by atoms with Crippen molar-refractivity contribution >= 4 is 17.3 Å². The molecule has 0 saturated carbocycles. The molecule has 0 radical (unpaired) electrons. The molecule has 0 aliphatic carbocycles. The minimum atomic E-state index is -0.653. The maximum atomic E-state index is 13.5. The third kappa shape index (κ3) is 3.30. The lowest BCUT2D eigenvalue weighted by atomic mass is 9.98. The highest BCUT2D eigenvalue weighted by Gasteiger charge is 2.15. The van der Waals surface area contributed by atoms with Gasteiger partial charge in [0.15, 0.2) is 5.82 Å². The summed E-state index contributed by atoms with van der Waals surface area (Å²) in [4.78, 5) is 0. The van der Waals surface area contributed by atoms with Gasteiger partial charge in [-0.2, -0.15) is 0 Å². The van der Waals surface area contributed by atoms with Crippen LogP contribution in [0.1, 0.15) is 12.8 Å². The Morgan fingerprint density at radius 2 is 2.00 bits per heavy atom. The molecule has 0 spiro atoms. The van der Waals surface area contributed by atoms with Crippen molar-refractivity contribution < 1.29 is 8.78 Å². The van der Waals surface area contributed by atoms with Gasteiger partial charge in [0.25, 0.3) is 0 Å². The second kappa shape index (κ2) is 5.65. The molecular weight excluding hydrogens is 246 g/mol. The van der Waals surface area contributed by atoms with E-state index in [-0.39, 0.29) is 10.7 Å². The third-order valence-corrected chi connectivity index (χ3v) is 3.33. The Kier molecular flexibility index (Phi) is 4.18. The van der Waals surface area contributed by atoms with Crippen molar-refractivity contribution in [3.05, 3.63) is 28.8 Å². The quantitative estimate of drug-likeness (QED) is 0.873. The van der Waals surface area contributed by atoms with E-state index >= 15 is 0 Å². The van der Waals surface area contributed by atoms with E-state index in [2.05, 4.69) is 10.6 Å². The highest BCUT2D eigenvalue weighted by atomic mass is 35.5. The van der Waals surface area contributed by atoms with Gasteiger partial charge in [-0.15, -0.1) is 0 Å². The van der Waals surface area contributed by atoms with Crippen molar-refractivity contribution in [3.8, 4) is 0 Å². The topological polar surface area (TPSA) is 24.1 Å². The van der Waals surface area contributed by atoms with Crippen molar-refractivity contribution in [2.24, 2.45) is 5.92 Å². The Bertz CT molecular complexity index is 369. The fraction of sp³-hybridized carbons (Fsp3) is 0.500. The van der Waals surface area contributed by atoms with E-state index in [1.807, 2.05) is 0 Å². The van der Waals surface area contributed by atoms with E-state index < -0.39 is 11.6 Å². The zero-order valence-electron chi connectivity index (χ0n) is 9.40. The monoisotopic (exact) mass is 260 g/mol. The molecule has 1 aromatic rings. The van der Waals surface area contributed by atoms with Crippen molar-refractivity contribution in [2.75, 3.05) is 25.0 Å². The molecule has 1 aromatic carbocycles. The molecule has 1 fully saturated rings. The lowest BCUT2D eigenvalue weighted by molar-refractivity contribution is 0.389. The van der Waals surface area contributed by atoms with Crippen LogP contribution in [0.5, 0.6) is 0 Å². The molecule has 0 unspecified atom stereocenters. The lowest BCUT2D eigenvalue weighted by Crippen LogP contribution is -2.31. The molecule has 0 bridgehead atoms. The maximum absolute atomic E-state index is 13.5. The van der Waals surface area contributed by atoms with E-state index in [9.17, 15) is 8.78 Å². The van der Waals surface area contributed by atoms with Crippen molar-refractivity contribution in [2.45, 2.75) is 12.8 Å². The average Bonchev–Trinajstić information content (AvgIpc) is 2.29. The first-order valence-electron chi connectivity index (χ1n) is 5.76. The highest BCUT2D eigenvalue weighted by Crippen LogP contribution is 2.27. The average molecular weight is 261 g/mol. The summed E-state index contributed by atoms with van der Waals surface area (Å²) in [6.07, 6.45) is 2.13.